The zero-order chi connectivity index (χ0) is 27.9. The Hall–Kier alpha value is -3.97. The van der Waals surface area contributed by atoms with Crippen LogP contribution in [0.3, 0.4) is 0 Å². The van der Waals surface area contributed by atoms with Crippen molar-refractivity contribution in [1.29, 1.82) is 0 Å². The number of H-pyrrole nitrogens is 1. The van der Waals surface area contributed by atoms with Gasteiger partial charge in [0.25, 0.3) is 10.0 Å². The van der Waals surface area contributed by atoms with E-state index in [9.17, 15) is 8.42 Å². The summed E-state index contributed by atoms with van der Waals surface area (Å²) in [7, 11) is 0.163. The van der Waals surface area contributed by atoms with Gasteiger partial charge in [-0.3, -0.25) is 9.82 Å². The van der Waals surface area contributed by atoms with E-state index in [0.717, 1.165) is 43.5 Å². The smallest absolute Gasteiger partial charge is 0.270 e. The Bertz CT molecular complexity index is 1610. The van der Waals surface area contributed by atoms with Crippen LogP contribution in [0.15, 0.2) is 39.8 Å². The van der Waals surface area contributed by atoms with Crippen molar-refractivity contribution in [3.63, 3.8) is 0 Å². The molecule has 2 fully saturated rings. The molecule has 3 N–H and O–H groups in total. The average Bonchev–Trinajstić information content (AvgIpc) is 3.61. The Balaban J connectivity index is 1.31. The first-order valence-corrected chi connectivity index (χ1v) is 14.5. The summed E-state index contributed by atoms with van der Waals surface area (Å²) in [5.74, 6) is 2.08. The number of hydrogen-bond donors (Lipinski definition) is 3. The molecule has 1 saturated carbocycles. The monoisotopic (exact) mass is 569 g/mol. The van der Waals surface area contributed by atoms with Crippen molar-refractivity contribution < 1.29 is 31.9 Å². The third-order valence-electron chi connectivity index (χ3n) is 7.28. The number of ether oxygens (including phenoxy) is 4. The fraction of sp³-hybridized carbons (Fsp3) is 0.407. The summed E-state index contributed by atoms with van der Waals surface area (Å²) >= 11 is 0. The number of sulfonamides is 1. The maximum absolute atomic E-state index is 13.7. The van der Waals surface area contributed by atoms with Gasteiger partial charge in [-0.25, -0.2) is 8.42 Å². The summed E-state index contributed by atoms with van der Waals surface area (Å²) in [6.07, 6.45) is 4.18. The molecule has 2 aliphatic rings. The van der Waals surface area contributed by atoms with Gasteiger partial charge in [0.05, 0.1) is 39.0 Å². The maximum Gasteiger partial charge on any atom is 0.270 e. The van der Waals surface area contributed by atoms with Gasteiger partial charge in [-0.2, -0.15) is 5.10 Å². The number of methoxy groups -OCH3 is 3. The second-order valence-electron chi connectivity index (χ2n) is 9.96. The molecule has 1 atom stereocenters. The highest BCUT2D eigenvalue weighted by molar-refractivity contribution is 7.93. The molecule has 0 spiro atoms. The first kappa shape index (κ1) is 26.3. The van der Waals surface area contributed by atoms with E-state index in [2.05, 4.69) is 25.4 Å². The molecule has 1 saturated heterocycles. The first-order valence-electron chi connectivity index (χ1n) is 13.1. The van der Waals surface area contributed by atoms with E-state index < -0.39 is 10.0 Å². The number of rotatable bonds is 10. The molecule has 6 rings (SSSR count). The number of nitrogens with zero attached hydrogens (tertiary/aromatic N) is 2. The second-order valence-corrected chi connectivity index (χ2v) is 11.6. The molecule has 212 valence electrons. The van der Waals surface area contributed by atoms with Gasteiger partial charge in [-0.15, -0.1) is 0 Å². The molecule has 0 unspecified atom stereocenters. The van der Waals surface area contributed by atoms with Crippen LogP contribution in [0.2, 0.25) is 0 Å². The lowest BCUT2D eigenvalue weighted by Gasteiger charge is -2.24. The van der Waals surface area contributed by atoms with Gasteiger partial charge >= 0.3 is 0 Å². The van der Waals surface area contributed by atoms with Crippen molar-refractivity contribution in [2.45, 2.75) is 42.4 Å². The highest BCUT2D eigenvalue weighted by Gasteiger charge is 2.30. The van der Waals surface area contributed by atoms with Crippen LogP contribution in [0.1, 0.15) is 48.8 Å². The van der Waals surface area contributed by atoms with Gasteiger partial charge in [0.1, 0.15) is 17.2 Å². The van der Waals surface area contributed by atoms with E-state index >= 15 is 0 Å². The van der Waals surface area contributed by atoms with Crippen molar-refractivity contribution in [3.8, 4) is 17.2 Å². The van der Waals surface area contributed by atoms with Gasteiger partial charge in [-0.1, -0.05) is 5.16 Å². The first-order chi connectivity index (χ1) is 19.4. The molecule has 3 heterocycles. The van der Waals surface area contributed by atoms with Crippen LogP contribution in [0.4, 0.5) is 17.3 Å². The van der Waals surface area contributed by atoms with Crippen LogP contribution in [0, 0.1) is 0 Å². The minimum absolute atomic E-state index is 0.00417. The Morgan fingerprint density at radius 2 is 1.70 bits per heavy atom. The predicted octanol–water partition coefficient (Wildman–Crippen LogP) is 4.89. The number of anilines is 3. The molecule has 40 heavy (non-hydrogen) atoms. The number of benzene rings is 2. The van der Waals surface area contributed by atoms with Crippen molar-refractivity contribution in [1.82, 2.24) is 15.4 Å². The summed E-state index contributed by atoms with van der Waals surface area (Å²) < 4.78 is 57.6. The summed E-state index contributed by atoms with van der Waals surface area (Å²) in [6, 6.07) is 8.76. The maximum atomic E-state index is 13.7. The molecule has 12 nitrogen and oxygen atoms in total. The number of aromatic nitrogens is 3. The van der Waals surface area contributed by atoms with E-state index in [4.69, 9.17) is 23.5 Å². The summed E-state index contributed by atoms with van der Waals surface area (Å²) in [5, 5.41) is 15.0. The topological polar surface area (TPSA) is 150 Å². The van der Waals surface area contributed by atoms with Gasteiger partial charge in [0.15, 0.2) is 22.1 Å². The molecule has 0 radical (unpaired) electrons. The largest absolute Gasteiger partial charge is 0.495 e. The standard InChI is InChI=1S/C27H31N5O7S/c1-35-22-11-18-21(12-20(22)28-25-13-19(29-30-25)15-6-7-15)39-31-27(18)32-40(33,34)26-23(36-2)9-17(10-24(26)37-3)16-5-4-8-38-14-16/h9-13,15-16H,4-8,14H2,1-3H3,(H,31,32)(H2,28,29,30)/t16-/m0/s1. The Morgan fingerprint density at radius 3 is 2.35 bits per heavy atom. The molecular formula is C27H31N5O7S. The normalized spacial score (nSPS) is 17.5. The second kappa shape index (κ2) is 10.5. The summed E-state index contributed by atoms with van der Waals surface area (Å²) in [6.45, 7) is 1.28. The predicted molar refractivity (Wildman–Crippen MR) is 148 cm³/mol. The third-order valence-corrected chi connectivity index (χ3v) is 8.69. The van der Waals surface area contributed by atoms with E-state index in [1.54, 1.807) is 24.3 Å². The minimum Gasteiger partial charge on any atom is -0.495 e. The van der Waals surface area contributed by atoms with Gasteiger partial charge < -0.3 is 28.8 Å². The Kier molecular flexibility index (Phi) is 6.92. The fourth-order valence-electron chi connectivity index (χ4n) is 5.03. The zero-order valence-electron chi connectivity index (χ0n) is 22.4. The van der Waals surface area contributed by atoms with Crippen LogP contribution in [-0.2, 0) is 14.8 Å². The Labute approximate surface area is 231 Å². The third kappa shape index (κ3) is 5.02. The molecule has 1 aliphatic carbocycles. The zero-order valence-corrected chi connectivity index (χ0v) is 23.3. The van der Waals surface area contributed by atoms with Crippen LogP contribution < -0.4 is 24.2 Å². The van der Waals surface area contributed by atoms with Crippen molar-refractivity contribution in [2.24, 2.45) is 0 Å². The van der Waals surface area contributed by atoms with E-state index in [-0.39, 0.29) is 28.1 Å². The van der Waals surface area contributed by atoms with Crippen molar-refractivity contribution in [2.75, 3.05) is 44.6 Å². The van der Waals surface area contributed by atoms with E-state index in [0.29, 0.717) is 40.7 Å². The molecule has 13 heteroatoms. The lowest BCUT2D eigenvalue weighted by atomic mass is 9.93. The van der Waals surface area contributed by atoms with Gasteiger partial charge in [0.2, 0.25) is 0 Å². The highest BCUT2D eigenvalue weighted by Crippen LogP contribution is 2.42. The molecule has 2 aromatic carbocycles. The van der Waals surface area contributed by atoms with Crippen molar-refractivity contribution >= 4 is 38.3 Å². The molecule has 0 amide bonds. The minimum atomic E-state index is -4.21. The van der Waals surface area contributed by atoms with Crippen LogP contribution in [0.25, 0.3) is 11.0 Å². The number of nitrogens with one attached hydrogen (secondary N) is 3. The average molecular weight is 570 g/mol. The summed E-state index contributed by atoms with van der Waals surface area (Å²) in [5.41, 5.74) is 2.93. The molecule has 4 aromatic rings. The molecule has 2 aromatic heterocycles. The quantitative estimate of drug-likeness (QED) is 0.241. The van der Waals surface area contributed by atoms with E-state index in [1.807, 2.05) is 6.07 Å². The van der Waals surface area contributed by atoms with Crippen LogP contribution in [-0.4, -0.2) is 58.3 Å². The van der Waals surface area contributed by atoms with Crippen LogP contribution in [0.5, 0.6) is 17.2 Å². The lowest BCUT2D eigenvalue weighted by molar-refractivity contribution is 0.0803. The highest BCUT2D eigenvalue weighted by atomic mass is 32.2. The van der Waals surface area contributed by atoms with Gasteiger partial charge in [0, 0.05) is 36.3 Å². The molecular weight excluding hydrogens is 538 g/mol. The lowest BCUT2D eigenvalue weighted by Crippen LogP contribution is -2.18. The number of fused-ring (bicyclic) bond motifs is 1. The Morgan fingerprint density at radius 1 is 0.950 bits per heavy atom. The molecule has 0 bridgehead atoms. The van der Waals surface area contributed by atoms with Crippen molar-refractivity contribution in [3.05, 3.63) is 41.6 Å². The number of hydrogen-bond acceptors (Lipinski definition) is 10. The summed E-state index contributed by atoms with van der Waals surface area (Å²) in [4.78, 5) is -0.135. The van der Waals surface area contributed by atoms with Crippen LogP contribution >= 0.6 is 0 Å². The fourth-order valence-corrected chi connectivity index (χ4v) is 6.35. The SMILES string of the molecule is COc1cc2c(NS(=O)(=O)c3c(OC)cc([C@H]4CCCOC4)cc3OC)noc2cc1Nc1cc(C2CC2)[nH]n1. The molecule has 1 aliphatic heterocycles. The van der Waals surface area contributed by atoms with Gasteiger partial charge in [-0.05, 0) is 49.4 Å². The number of aromatic amines is 1. The van der Waals surface area contributed by atoms with E-state index in [1.165, 1.54) is 21.3 Å².